The Morgan fingerprint density at radius 2 is 2.05 bits per heavy atom. The molecule has 0 unspecified atom stereocenters. The highest BCUT2D eigenvalue weighted by molar-refractivity contribution is 5.32. The SMILES string of the molecule is Cc1occc1CN(C)c1nccc(C(F)(F)F)n1. The van der Waals surface area contributed by atoms with Crippen LogP contribution < -0.4 is 4.90 Å². The Morgan fingerprint density at radius 1 is 1.32 bits per heavy atom. The Morgan fingerprint density at radius 3 is 2.63 bits per heavy atom. The fourth-order valence-electron chi connectivity index (χ4n) is 1.59. The quantitative estimate of drug-likeness (QED) is 0.860. The smallest absolute Gasteiger partial charge is 0.433 e. The van der Waals surface area contributed by atoms with Crippen molar-refractivity contribution in [1.29, 1.82) is 0 Å². The Balaban J connectivity index is 2.20. The van der Waals surface area contributed by atoms with Gasteiger partial charge in [-0.1, -0.05) is 0 Å². The van der Waals surface area contributed by atoms with Gasteiger partial charge >= 0.3 is 6.18 Å². The zero-order chi connectivity index (χ0) is 14.0. The Kier molecular flexibility index (Phi) is 3.46. The van der Waals surface area contributed by atoms with Gasteiger partial charge in [0.25, 0.3) is 0 Å². The summed E-state index contributed by atoms with van der Waals surface area (Å²) in [5, 5.41) is 0. The van der Waals surface area contributed by atoms with Crippen LogP contribution in [0.5, 0.6) is 0 Å². The molecule has 2 rings (SSSR count). The van der Waals surface area contributed by atoms with E-state index < -0.39 is 11.9 Å². The monoisotopic (exact) mass is 271 g/mol. The Labute approximate surface area is 107 Å². The molecular formula is C12H12F3N3O. The van der Waals surface area contributed by atoms with Crippen LogP contribution in [0.15, 0.2) is 29.0 Å². The number of anilines is 1. The van der Waals surface area contributed by atoms with Crippen LogP contribution in [0.1, 0.15) is 17.0 Å². The van der Waals surface area contributed by atoms with Crippen molar-refractivity contribution in [3.8, 4) is 0 Å². The first-order valence-electron chi connectivity index (χ1n) is 5.52. The van der Waals surface area contributed by atoms with Crippen LogP contribution in [0.25, 0.3) is 0 Å². The maximum atomic E-state index is 12.5. The fourth-order valence-corrected chi connectivity index (χ4v) is 1.59. The molecule has 2 aromatic heterocycles. The molecule has 0 N–H and O–H groups in total. The lowest BCUT2D eigenvalue weighted by atomic mass is 10.2. The number of aromatic nitrogens is 2. The predicted molar refractivity (Wildman–Crippen MR) is 62.6 cm³/mol. The highest BCUT2D eigenvalue weighted by atomic mass is 19.4. The van der Waals surface area contributed by atoms with E-state index in [0.717, 1.165) is 23.6 Å². The average molecular weight is 271 g/mol. The van der Waals surface area contributed by atoms with Gasteiger partial charge in [-0.15, -0.1) is 0 Å². The minimum absolute atomic E-state index is 0.0235. The van der Waals surface area contributed by atoms with Crippen molar-refractivity contribution in [3.05, 3.63) is 41.6 Å². The third kappa shape index (κ3) is 3.04. The van der Waals surface area contributed by atoms with Gasteiger partial charge in [0.05, 0.1) is 6.26 Å². The van der Waals surface area contributed by atoms with Gasteiger partial charge in [0, 0.05) is 25.4 Å². The number of aryl methyl sites for hydroxylation is 1. The highest BCUT2D eigenvalue weighted by Crippen LogP contribution is 2.28. The molecule has 0 saturated carbocycles. The van der Waals surface area contributed by atoms with Gasteiger partial charge in [0.2, 0.25) is 5.95 Å². The standard InChI is InChI=1S/C12H12F3N3O/c1-8-9(4-6-19-8)7-18(2)11-16-5-3-10(17-11)12(13,14)15/h3-6H,7H2,1-2H3. The summed E-state index contributed by atoms with van der Waals surface area (Å²) >= 11 is 0. The molecule has 2 heterocycles. The lowest BCUT2D eigenvalue weighted by molar-refractivity contribution is -0.141. The van der Waals surface area contributed by atoms with E-state index in [-0.39, 0.29) is 5.95 Å². The predicted octanol–water partition coefficient (Wildman–Crippen LogP) is 3.03. The summed E-state index contributed by atoms with van der Waals surface area (Å²) in [5.41, 5.74) is -0.0724. The maximum absolute atomic E-state index is 12.5. The second-order valence-corrected chi connectivity index (χ2v) is 4.10. The summed E-state index contributed by atoms with van der Waals surface area (Å²) < 4.78 is 42.8. The molecule has 102 valence electrons. The minimum atomic E-state index is -4.47. The van der Waals surface area contributed by atoms with E-state index in [9.17, 15) is 13.2 Å². The number of alkyl halides is 3. The number of rotatable bonds is 3. The molecular weight excluding hydrogens is 259 g/mol. The molecule has 19 heavy (non-hydrogen) atoms. The summed E-state index contributed by atoms with van der Waals surface area (Å²) in [6.45, 7) is 2.17. The van der Waals surface area contributed by atoms with E-state index in [4.69, 9.17) is 4.42 Å². The van der Waals surface area contributed by atoms with Crippen LogP contribution in [0.2, 0.25) is 0 Å². The largest absolute Gasteiger partial charge is 0.469 e. The van der Waals surface area contributed by atoms with Crippen LogP contribution in [0, 0.1) is 6.92 Å². The van der Waals surface area contributed by atoms with Crippen molar-refractivity contribution in [1.82, 2.24) is 9.97 Å². The highest BCUT2D eigenvalue weighted by Gasteiger charge is 2.33. The normalized spacial score (nSPS) is 11.6. The molecule has 4 nitrogen and oxygen atoms in total. The van der Waals surface area contributed by atoms with Crippen LogP contribution >= 0.6 is 0 Å². The number of furan rings is 1. The maximum Gasteiger partial charge on any atom is 0.433 e. The van der Waals surface area contributed by atoms with Gasteiger partial charge in [-0.2, -0.15) is 13.2 Å². The molecule has 0 aliphatic rings. The summed E-state index contributed by atoms with van der Waals surface area (Å²) in [7, 11) is 1.63. The number of halogens is 3. The van der Waals surface area contributed by atoms with Crippen molar-refractivity contribution in [2.45, 2.75) is 19.6 Å². The Bertz CT molecular complexity index is 565. The topological polar surface area (TPSA) is 42.2 Å². The van der Waals surface area contributed by atoms with E-state index in [2.05, 4.69) is 9.97 Å². The molecule has 0 saturated heterocycles. The van der Waals surface area contributed by atoms with Gasteiger partial charge in [0.1, 0.15) is 11.5 Å². The van der Waals surface area contributed by atoms with E-state index in [1.807, 2.05) is 0 Å². The summed E-state index contributed by atoms with van der Waals surface area (Å²) in [5.74, 6) is 0.745. The molecule has 2 aromatic rings. The zero-order valence-electron chi connectivity index (χ0n) is 10.4. The van der Waals surface area contributed by atoms with Crippen molar-refractivity contribution in [2.75, 3.05) is 11.9 Å². The fraction of sp³-hybridized carbons (Fsp3) is 0.333. The second-order valence-electron chi connectivity index (χ2n) is 4.10. The van der Waals surface area contributed by atoms with E-state index in [1.54, 1.807) is 20.0 Å². The molecule has 0 aliphatic heterocycles. The van der Waals surface area contributed by atoms with E-state index in [0.29, 0.717) is 6.54 Å². The first-order chi connectivity index (χ1) is 8.88. The first kappa shape index (κ1) is 13.4. The van der Waals surface area contributed by atoms with Gasteiger partial charge < -0.3 is 9.32 Å². The van der Waals surface area contributed by atoms with Gasteiger partial charge in [-0.3, -0.25) is 0 Å². The summed E-state index contributed by atoms with van der Waals surface area (Å²) in [6, 6.07) is 2.61. The lowest BCUT2D eigenvalue weighted by Gasteiger charge is -2.17. The molecule has 7 heteroatoms. The van der Waals surface area contributed by atoms with Gasteiger partial charge in [-0.05, 0) is 19.1 Å². The molecule has 0 fully saturated rings. The number of hydrogen-bond donors (Lipinski definition) is 0. The van der Waals surface area contributed by atoms with Crippen LogP contribution in [0.4, 0.5) is 19.1 Å². The van der Waals surface area contributed by atoms with E-state index in [1.165, 1.54) is 11.2 Å². The third-order valence-corrected chi connectivity index (χ3v) is 2.65. The van der Waals surface area contributed by atoms with Crippen LogP contribution in [-0.4, -0.2) is 17.0 Å². The number of nitrogens with zero attached hydrogens (tertiary/aromatic N) is 3. The van der Waals surface area contributed by atoms with Crippen LogP contribution in [-0.2, 0) is 12.7 Å². The molecule has 0 radical (unpaired) electrons. The summed E-state index contributed by atoms with van der Waals surface area (Å²) in [6.07, 6.45) is -1.83. The third-order valence-electron chi connectivity index (χ3n) is 2.65. The summed E-state index contributed by atoms with van der Waals surface area (Å²) in [4.78, 5) is 8.90. The Hall–Kier alpha value is -2.05. The van der Waals surface area contributed by atoms with Crippen molar-refractivity contribution >= 4 is 5.95 Å². The first-order valence-corrected chi connectivity index (χ1v) is 5.52. The zero-order valence-corrected chi connectivity index (χ0v) is 10.4. The average Bonchev–Trinajstić information content (AvgIpc) is 2.74. The lowest BCUT2D eigenvalue weighted by Crippen LogP contribution is -2.21. The van der Waals surface area contributed by atoms with Crippen molar-refractivity contribution < 1.29 is 17.6 Å². The molecule has 0 atom stereocenters. The van der Waals surface area contributed by atoms with E-state index >= 15 is 0 Å². The molecule has 0 amide bonds. The second kappa shape index (κ2) is 4.91. The molecule has 0 bridgehead atoms. The molecule has 0 aromatic carbocycles. The van der Waals surface area contributed by atoms with Crippen molar-refractivity contribution in [2.24, 2.45) is 0 Å². The van der Waals surface area contributed by atoms with Crippen molar-refractivity contribution in [3.63, 3.8) is 0 Å². The van der Waals surface area contributed by atoms with Gasteiger partial charge in [0.15, 0.2) is 0 Å². The minimum Gasteiger partial charge on any atom is -0.469 e. The number of hydrogen-bond acceptors (Lipinski definition) is 4. The molecule has 0 spiro atoms. The van der Waals surface area contributed by atoms with Crippen LogP contribution in [0.3, 0.4) is 0 Å². The molecule has 0 aliphatic carbocycles. The van der Waals surface area contributed by atoms with Gasteiger partial charge in [-0.25, -0.2) is 9.97 Å².